The molecule has 2 heterocycles. The van der Waals surface area contributed by atoms with E-state index < -0.39 is 0 Å². The van der Waals surface area contributed by atoms with E-state index in [1.807, 2.05) is 31.2 Å². The second kappa shape index (κ2) is 5.40. The quantitative estimate of drug-likeness (QED) is 0.741. The van der Waals surface area contributed by atoms with Gasteiger partial charge >= 0.3 is 0 Å². The Morgan fingerprint density at radius 2 is 1.95 bits per heavy atom. The first-order valence-electron chi connectivity index (χ1n) is 6.81. The molecule has 106 valence electrons. The standard InChI is InChI=1S/C17H16N2O2/c1-12-6-7-15(9-13(12)2)21-11-14-10-17(20)19-8-4-3-5-16(19)18-14/h3-10H,11H2,1-2H3. The Bertz CT molecular complexity index is 853. The molecule has 4 nitrogen and oxygen atoms in total. The van der Waals surface area contributed by atoms with Crippen LogP contribution in [0.3, 0.4) is 0 Å². The molecule has 0 radical (unpaired) electrons. The lowest BCUT2D eigenvalue weighted by atomic mass is 10.1. The maximum atomic E-state index is 12.0. The highest BCUT2D eigenvalue weighted by Crippen LogP contribution is 2.17. The number of rotatable bonds is 3. The zero-order valence-corrected chi connectivity index (χ0v) is 12.0. The zero-order chi connectivity index (χ0) is 14.8. The summed E-state index contributed by atoms with van der Waals surface area (Å²) in [5, 5.41) is 0. The van der Waals surface area contributed by atoms with E-state index in [0.717, 1.165) is 5.75 Å². The Morgan fingerprint density at radius 3 is 2.76 bits per heavy atom. The maximum Gasteiger partial charge on any atom is 0.258 e. The number of nitrogens with zero attached hydrogens (tertiary/aromatic N) is 2. The van der Waals surface area contributed by atoms with Crippen LogP contribution in [0.1, 0.15) is 16.8 Å². The number of benzene rings is 1. The number of hydrogen-bond donors (Lipinski definition) is 0. The SMILES string of the molecule is Cc1ccc(OCc2cc(=O)n3ccccc3n2)cc1C. The van der Waals surface area contributed by atoms with Crippen molar-refractivity contribution in [2.24, 2.45) is 0 Å². The van der Waals surface area contributed by atoms with Crippen LogP contribution < -0.4 is 10.3 Å². The number of aryl methyl sites for hydroxylation is 2. The predicted molar refractivity (Wildman–Crippen MR) is 81.7 cm³/mol. The van der Waals surface area contributed by atoms with Crippen molar-refractivity contribution in [1.29, 1.82) is 0 Å². The third kappa shape index (κ3) is 2.79. The fourth-order valence-electron chi connectivity index (χ4n) is 2.14. The second-order valence-electron chi connectivity index (χ2n) is 5.05. The monoisotopic (exact) mass is 280 g/mol. The van der Waals surface area contributed by atoms with Crippen LogP contribution in [0.2, 0.25) is 0 Å². The fourth-order valence-corrected chi connectivity index (χ4v) is 2.14. The molecule has 0 atom stereocenters. The van der Waals surface area contributed by atoms with Crippen LogP contribution >= 0.6 is 0 Å². The van der Waals surface area contributed by atoms with Gasteiger partial charge in [0.25, 0.3) is 5.56 Å². The molecule has 0 saturated heterocycles. The van der Waals surface area contributed by atoms with Gasteiger partial charge in [-0.15, -0.1) is 0 Å². The molecule has 0 spiro atoms. The second-order valence-corrected chi connectivity index (χ2v) is 5.05. The van der Waals surface area contributed by atoms with E-state index in [1.54, 1.807) is 18.3 Å². The molecule has 4 heteroatoms. The van der Waals surface area contributed by atoms with E-state index in [2.05, 4.69) is 11.9 Å². The summed E-state index contributed by atoms with van der Waals surface area (Å²) in [5.74, 6) is 0.785. The lowest BCUT2D eigenvalue weighted by Crippen LogP contribution is -2.16. The molecular formula is C17H16N2O2. The summed E-state index contributed by atoms with van der Waals surface area (Å²) < 4.78 is 7.23. The van der Waals surface area contributed by atoms with Gasteiger partial charge in [-0.05, 0) is 49.2 Å². The van der Waals surface area contributed by atoms with Crippen LogP contribution in [0.25, 0.3) is 5.65 Å². The summed E-state index contributed by atoms with van der Waals surface area (Å²) in [6, 6.07) is 12.9. The Labute approximate surface area is 122 Å². The zero-order valence-electron chi connectivity index (χ0n) is 12.0. The van der Waals surface area contributed by atoms with Crippen LogP contribution in [0.15, 0.2) is 53.5 Å². The molecule has 0 saturated carbocycles. The molecule has 1 aromatic carbocycles. The van der Waals surface area contributed by atoms with Crippen molar-refractivity contribution < 1.29 is 4.74 Å². The average molecular weight is 280 g/mol. The molecule has 2 aromatic heterocycles. The lowest BCUT2D eigenvalue weighted by molar-refractivity contribution is 0.301. The van der Waals surface area contributed by atoms with Crippen molar-refractivity contribution in [3.63, 3.8) is 0 Å². The predicted octanol–water partition coefficient (Wildman–Crippen LogP) is 2.89. The van der Waals surface area contributed by atoms with Crippen molar-refractivity contribution in [1.82, 2.24) is 9.38 Å². The van der Waals surface area contributed by atoms with Crippen LogP contribution in [-0.4, -0.2) is 9.38 Å². The molecule has 0 bridgehead atoms. The van der Waals surface area contributed by atoms with E-state index in [-0.39, 0.29) is 12.2 Å². The van der Waals surface area contributed by atoms with Crippen molar-refractivity contribution >= 4 is 5.65 Å². The summed E-state index contributed by atoms with van der Waals surface area (Å²) in [7, 11) is 0. The van der Waals surface area contributed by atoms with E-state index in [4.69, 9.17) is 4.74 Å². The van der Waals surface area contributed by atoms with Crippen molar-refractivity contribution in [2.75, 3.05) is 0 Å². The molecular weight excluding hydrogens is 264 g/mol. The maximum absolute atomic E-state index is 12.0. The van der Waals surface area contributed by atoms with Crippen LogP contribution in [0.5, 0.6) is 5.75 Å². The summed E-state index contributed by atoms with van der Waals surface area (Å²) >= 11 is 0. The highest BCUT2D eigenvalue weighted by Gasteiger charge is 2.03. The van der Waals surface area contributed by atoms with Crippen molar-refractivity contribution in [2.45, 2.75) is 20.5 Å². The van der Waals surface area contributed by atoms with E-state index in [0.29, 0.717) is 11.3 Å². The minimum Gasteiger partial charge on any atom is -0.487 e. The number of fused-ring (bicyclic) bond motifs is 1. The van der Waals surface area contributed by atoms with Crippen molar-refractivity contribution in [3.8, 4) is 5.75 Å². The lowest BCUT2D eigenvalue weighted by Gasteiger charge is -2.08. The fraction of sp³-hybridized carbons (Fsp3) is 0.176. The molecule has 0 fully saturated rings. The first-order valence-corrected chi connectivity index (χ1v) is 6.81. The van der Waals surface area contributed by atoms with E-state index in [9.17, 15) is 4.79 Å². The van der Waals surface area contributed by atoms with Gasteiger partial charge in [0.1, 0.15) is 18.0 Å². The van der Waals surface area contributed by atoms with Gasteiger partial charge in [-0.1, -0.05) is 12.1 Å². The van der Waals surface area contributed by atoms with Gasteiger partial charge in [0, 0.05) is 12.3 Å². The molecule has 0 N–H and O–H groups in total. The first kappa shape index (κ1) is 13.4. The van der Waals surface area contributed by atoms with Crippen molar-refractivity contribution in [3.05, 3.63) is 75.8 Å². The number of aromatic nitrogens is 2. The first-order chi connectivity index (χ1) is 10.1. The van der Waals surface area contributed by atoms with Gasteiger partial charge in [-0.3, -0.25) is 9.20 Å². The van der Waals surface area contributed by atoms with E-state index >= 15 is 0 Å². The number of pyridine rings is 1. The normalized spacial score (nSPS) is 10.8. The Hall–Kier alpha value is -2.62. The molecule has 0 aliphatic rings. The van der Waals surface area contributed by atoms with Gasteiger partial charge in [-0.25, -0.2) is 4.98 Å². The minimum atomic E-state index is -0.0979. The Kier molecular flexibility index (Phi) is 3.44. The summed E-state index contributed by atoms with van der Waals surface area (Å²) in [5.41, 5.74) is 3.57. The van der Waals surface area contributed by atoms with Gasteiger partial charge in [0.2, 0.25) is 0 Å². The molecule has 3 rings (SSSR count). The molecule has 0 amide bonds. The molecule has 21 heavy (non-hydrogen) atoms. The molecule has 0 aliphatic heterocycles. The average Bonchev–Trinajstić information content (AvgIpc) is 2.49. The summed E-state index contributed by atoms with van der Waals surface area (Å²) in [6.45, 7) is 4.39. The van der Waals surface area contributed by atoms with Gasteiger partial charge in [0.05, 0.1) is 5.69 Å². The summed E-state index contributed by atoms with van der Waals surface area (Å²) in [4.78, 5) is 16.4. The third-order valence-corrected chi connectivity index (χ3v) is 3.49. The third-order valence-electron chi connectivity index (χ3n) is 3.49. The molecule has 3 aromatic rings. The van der Waals surface area contributed by atoms with Gasteiger partial charge in [-0.2, -0.15) is 0 Å². The highest BCUT2D eigenvalue weighted by atomic mass is 16.5. The number of hydrogen-bond acceptors (Lipinski definition) is 3. The summed E-state index contributed by atoms with van der Waals surface area (Å²) in [6.07, 6.45) is 1.71. The Morgan fingerprint density at radius 1 is 1.10 bits per heavy atom. The van der Waals surface area contributed by atoms with Crippen LogP contribution in [0.4, 0.5) is 0 Å². The smallest absolute Gasteiger partial charge is 0.258 e. The van der Waals surface area contributed by atoms with Crippen LogP contribution in [-0.2, 0) is 6.61 Å². The van der Waals surface area contributed by atoms with Gasteiger partial charge in [0.15, 0.2) is 0 Å². The molecule has 0 aliphatic carbocycles. The largest absolute Gasteiger partial charge is 0.487 e. The topological polar surface area (TPSA) is 43.6 Å². The number of ether oxygens (including phenoxy) is 1. The minimum absolute atomic E-state index is 0.0979. The van der Waals surface area contributed by atoms with Crippen LogP contribution in [0, 0.1) is 13.8 Å². The Balaban J connectivity index is 1.85. The highest BCUT2D eigenvalue weighted by molar-refractivity contribution is 5.38. The molecule has 0 unspecified atom stereocenters. The van der Waals surface area contributed by atoms with Gasteiger partial charge < -0.3 is 4.74 Å². The van der Waals surface area contributed by atoms with E-state index in [1.165, 1.54) is 21.6 Å².